The highest BCUT2D eigenvalue weighted by Gasteiger charge is 2.34. The van der Waals surface area contributed by atoms with Gasteiger partial charge in [-0.15, -0.1) is 0 Å². The van der Waals surface area contributed by atoms with Crippen molar-refractivity contribution in [2.24, 2.45) is 5.92 Å². The number of nitrogens with one attached hydrogen (secondary N) is 2. The fraction of sp³-hybridized carbons (Fsp3) is 0.400. The second-order valence-corrected chi connectivity index (χ2v) is 8.11. The van der Waals surface area contributed by atoms with Gasteiger partial charge in [-0.2, -0.15) is 0 Å². The number of amides is 3. The zero-order valence-electron chi connectivity index (χ0n) is 19.0. The number of hydrogen-bond acceptors (Lipinski definition) is 4. The molecule has 0 spiro atoms. The minimum atomic E-state index is -0.721. The van der Waals surface area contributed by atoms with Crippen LogP contribution in [0, 0.1) is 11.7 Å². The largest absolute Gasteiger partial charge is 0.497 e. The maximum absolute atomic E-state index is 13.5. The zero-order chi connectivity index (χ0) is 23.8. The van der Waals surface area contributed by atoms with Gasteiger partial charge in [0.25, 0.3) is 11.8 Å². The van der Waals surface area contributed by atoms with Gasteiger partial charge >= 0.3 is 0 Å². The number of halogens is 1. The maximum atomic E-state index is 13.5. The Kier molecular flexibility index (Phi) is 8.40. The van der Waals surface area contributed by atoms with Crippen LogP contribution in [0.5, 0.6) is 5.75 Å². The highest BCUT2D eigenvalue weighted by atomic mass is 19.1. The fourth-order valence-electron chi connectivity index (χ4n) is 3.98. The van der Waals surface area contributed by atoms with Crippen molar-refractivity contribution in [1.82, 2.24) is 15.5 Å². The standard InChI is InChI=1S/C25H30FN3O4/c1-3-12-27-24(31)22(28-23(30)18-6-5-9-21(16-18)33-2)17-10-13-29(14-11-17)25(32)19-7-4-8-20(26)15-19/h4-9,15-17,22H,3,10-14H2,1-2H3,(H,27,31)(H,28,30)/t22-/m1/s1. The minimum absolute atomic E-state index is 0.132. The van der Waals surface area contributed by atoms with E-state index in [1.165, 1.54) is 25.3 Å². The van der Waals surface area contributed by atoms with Gasteiger partial charge in [0.2, 0.25) is 5.91 Å². The number of methoxy groups -OCH3 is 1. The van der Waals surface area contributed by atoms with E-state index < -0.39 is 11.9 Å². The summed E-state index contributed by atoms with van der Waals surface area (Å²) in [5.74, 6) is -0.859. The Bertz CT molecular complexity index is 989. The number of piperidine rings is 1. The topological polar surface area (TPSA) is 87.7 Å². The Balaban J connectivity index is 1.69. The maximum Gasteiger partial charge on any atom is 0.253 e. The zero-order valence-corrected chi connectivity index (χ0v) is 19.0. The van der Waals surface area contributed by atoms with Gasteiger partial charge in [-0.1, -0.05) is 19.1 Å². The van der Waals surface area contributed by atoms with E-state index in [0.29, 0.717) is 49.4 Å². The third-order valence-electron chi connectivity index (χ3n) is 5.82. The lowest BCUT2D eigenvalue weighted by molar-refractivity contribution is -0.124. The summed E-state index contributed by atoms with van der Waals surface area (Å²) in [6.45, 7) is 3.32. The molecule has 1 saturated heterocycles. The van der Waals surface area contributed by atoms with E-state index in [2.05, 4.69) is 10.6 Å². The molecular weight excluding hydrogens is 425 g/mol. The van der Waals surface area contributed by atoms with Crippen LogP contribution in [0.15, 0.2) is 48.5 Å². The quantitative estimate of drug-likeness (QED) is 0.641. The first-order valence-corrected chi connectivity index (χ1v) is 11.2. The summed E-state index contributed by atoms with van der Waals surface area (Å²) in [5, 5.41) is 5.76. The highest BCUT2D eigenvalue weighted by molar-refractivity contribution is 5.98. The Morgan fingerprint density at radius 1 is 1.09 bits per heavy atom. The molecule has 1 fully saturated rings. The van der Waals surface area contributed by atoms with E-state index in [9.17, 15) is 18.8 Å². The first kappa shape index (κ1) is 24.2. The van der Waals surface area contributed by atoms with Crippen molar-refractivity contribution in [3.05, 3.63) is 65.5 Å². The van der Waals surface area contributed by atoms with E-state index in [1.807, 2.05) is 6.92 Å². The molecule has 2 aromatic carbocycles. The van der Waals surface area contributed by atoms with E-state index in [4.69, 9.17) is 4.74 Å². The van der Waals surface area contributed by atoms with Crippen molar-refractivity contribution < 1.29 is 23.5 Å². The molecule has 2 N–H and O–H groups in total. The normalized spacial score (nSPS) is 14.9. The summed E-state index contributed by atoms with van der Waals surface area (Å²) in [5.41, 5.74) is 0.707. The number of rotatable bonds is 8. The molecule has 0 unspecified atom stereocenters. The predicted molar refractivity (Wildman–Crippen MR) is 123 cm³/mol. The summed E-state index contributed by atoms with van der Waals surface area (Å²) in [7, 11) is 1.52. The van der Waals surface area contributed by atoms with Gasteiger partial charge in [-0.3, -0.25) is 14.4 Å². The van der Waals surface area contributed by atoms with Gasteiger partial charge in [-0.25, -0.2) is 4.39 Å². The molecule has 1 heterocycles. The van der Waals surface area contributed by atoms with Gasteiger partial charge in [0.05, 0.1) is 7.11 Å². The smallest absolute Gasteiger partial charge is 0.253 e. The van der Waals surface area contributed by atoms with Crippen molar-refractivity contribution in [1.29, 1.82) is 0 Å². The number of nitrogens with zero attached hydrogens (tertiary/aromatic N) is 1. The molecule has 0 radical (unpaired) electrons. The van der Waals surface area contributed by atoms with Crippen molar-refractivity contribution in [3.8, 4) is 5.75 Å². The molecule has 8 heteroatoms. The summed E-state index contributed by atoms with van der Waals surface area (Å²) >= 11 is 0. The fourth-order valence-corrected chi connectivity index (χ4v) is 3.98. The lowest BCUT2D eigenvalue weighted by Crippen LogP contribution is -2.54. The van der Waals surface area contributed by atoms with Crippen LogP contribution in [0.1, 0.15) is 46.9 Å². The molecule has 7 nitrogen and oxygen atoms in total. The van der Waals surface area contributed by atoms with Crippen LogP contribution in [0.25, 0.3) is 0 Å². The van der Waals surface area contributed by atoms with Crippen LogP contribution >= 0.6 is 0 Å². The number of ether oxygens (including phenoxy) is 1. The van der Waals surface area contributed by atoms with Crippen LogP contribution in [-0.4, -0.2) is 55.4 Å². The van der Waals surface area contributed by atoms with Crippen LogP contribution < -0.4 is 15.4 Å². The van der Waals surface area contributed by atoms with Gasteiger partial charge < -0.3 is 20.3 Å². The second-order valence-electron chi connectivity index (χ2n) is 8.11. The van der Waals surface area contributed by atoms with Gasteiger partial charge in [0.15, 0.2) is 0 Å². The van der Waals surface area contributed by atoms with Crippen molar-refractivity contribution in [2.45, 2.75) is 32.2 Å². The molecule has 3 amide bonds. The summed E-state index contributed by atoms with van der Waals surface area (Å²) < 4.78 is 18.7. The summed E-state index contributed by atoms with van der Waals surface area (Å²) in [6.07, 6.45) is 1.87. The molecule has 33 heavy (non-hydrogen) atoms. The second kappa shape index (κ2) is 11.4. The lowest BCUT2D eigenvalue weighted by Gasteiger charge is -2.36. The van der Waals surface area contributed by atoms with Gasteiger partial charge in [0.1, 0.15) is 17.6 Å². The monoisotopic (exact) mass is 455 g/mol. The molecule has 0 aromatic heterocycles. The lowest BCUT2D eigenvalue weighted by atomic mass is 9.88. The van der Waals surface area contributed by atoms with E-state index in [1.54, 1.807) is 35.2 Å². The SMILES string of the molecule is CCCNC(=O)[C@H](NC(=O)c1cccc(OC)c1)C1CCN(C(=O)c2cccc(F)c2)CC1. The van der Waals surface area contributed by atoms with Crippen LogP contribution in [-0.2, 0) is 4.79 Å². The average Bonchev–Trinajstić information content (AvgIpc) is 2.85. The number of likely N-dealkylation sites (tertiary alicyclic amines) is 1. The Morgan fingerprint density at radius 2 is 1.79 bits per heavy atom. The van der Waals surface area contributed by atoms with Crippen LogP contribution in [0.4, 0.5) is 4.39 Å². The average molecular weight is 456 g/mol. The first-order valence-electron chi connectivity index (χ1n) is 11.2. The number of carbonyl (C=O) groups is 3. The predicted octanol–water partition coefficient (Wildman–Crippen LogP) is 3.01. The highest BCUT2D eigenvalue weighted by Crippen LogP contribution is 2.23. The molecule has 1 aliphatic heterocycles. The molecule has 0 bridgehead atoms. The molecule has 1 aliphatic rings. The Labute approximate surface area is 193 Å². The minimum Gasteiger partial charge on any atom is -0.497 e. The van der Waals surface area contributed by atoms with Gasteiger partial charge in [-0.05, 0) is 61.6 Å². The molecule has 176 valence electrons. The Hall–Kier alpha value is -3.42. The number of carbonyl (C=O) groups excluding carboxylic acids is 3. The molecule has 0 aliphatic carbocycles. The van der Waals surface area contributed by atoms with E-state index >= 15 is 0 Å². The number of hydrogen-bond donors (Lipinski definition) is 2. The molecule has 0 saturated carbocycles. The first-order chi connectivity index (χ1) is 15.9. The molecule has 1 atom stereocenters. The Morgan fingerprint density at radius 3 is 2.45 bits per heavy atom. The van der Waals surface area contributed by atoms with Crippen LogP contribution in [0.2, 0.25) is 0 Å². The summed E-state index contributed by atoms with van der Waals surface area (Å²) in [4.78, 5) is 40.2. The van der Waals surface area contributed by atoms with E-state index in [0.717, 1.165) is 6.42 Å². The van der Waals surface area contributed by atoms with Crippen LogP contribution in [0.3, 0.4) is 0 Å². The van der Waals surface area contributed by atoms with Crippen molar-refractivity contribution in [2.75, 3.05) is 26.7 Å². The molecule has 3 rings (SSSR count). The number of benzene rings is 2. The molecule has 2 aromatic rings. The third kappa shape index (κ3) is 6.31. The molecular formula is C25H30FN3O4. The van der Waals surface area contributed by atoms with Crippen molar-refractivity contribution in [3.63, 3.8) is 0 Å². The van der Waals surface area contributed by atoms with E-state index in [-0.39, 0.29) is 23.6 Å². The third-order valence-corrected chi connectivity index (χ3v) is 5.82. The van der Waals surface area contributed by atoms with Gasteiger partial charge in [0, 0.05) is 30.8 Å². The summed E-state index contributed by atoms with van der Waals surface area (Å²) in [6, 6.07) is 11.7. The van der Waals surface area contributed by atoms with Crippen molar-refractivity contribution >= 4 is 17.7 Å².